The van der Waals surface area contributed by atoms with E-state index < -0.39 is 15.9 Å². The first-order valence-electron chi connectivity index (χ1n) is 7.23. The van der Waals surface area contributed by atoms with Gasteiger partial charge in [-0.2, -0.15) is 0 Å². The number of anilines is 1. The van der Waals surface area contributed by atoms with Crippen LogP contribution in [-0.4, -0.2) is 33.4 Å². The summed E-state index contributed by atoms with van der Waals surface area (Å²) in [6.07, 6.45) is 1.62. The molecule has 3 N–H and O–H groups in total. The van der Waals surface area contributed by atoms with Gasteiger partial charge in [-0.15, -0.1) is 0 Å². The summed E-state index contributed by atoms with van der Waals surface area (Å²) >= 11 is 0. The molecule has 2 rings (SSSR count). The standard InChI is InChI=1S/C16H20N4O3S/c1-11-4-5-13(9-14(11)16(17)21)24(22,23)19-10-12-6-7-18-15(8-12)20(2)3/h4-9,19H,10H2,1-3H3,(H2,17,21). The molecular weight excluding hydrogens is 328 g/mol. The lowest BCUT2D eigenvalue weighted by Crippen LogP contribution is -2.24. The molecule has 7 nitrogen and oxygen atoms in total. The molecule has 0 spiro atoms. The van der Waals surface area contributed by atoms with Gasteiger partial charge in [0.15, 0.2) is 0 Å². The molecule has 1 aromatic heterocycles. The number of primary amides is 1. The van der Waals surface area contributed by atoms with E-state index in [1.54, 1.807) is 31.3 Å². The molecular formula is C16H20N4O3S. The summed E-state index contributed by atoms with van der Waals surface area (Å²) in [5.41, 5.74) is 6.87. The Hall–Kier alpha value is -2.45. The molecule has 8 heteroatoms. The number of benzene rings is 1. The molecule has 24 heavy (non-hydrogen) atoms. The van der Waals surface area contributed by atoms with Crippen LogP contribution in [0, 0.1) is 6.92 Å². The van der Waals surface area contributed by atoms with Gasteiger partial charge in [0, 0.05) is 32.4 Å². The van der Waals surface area contributed by atoms with Crippen molar-refractivity contribution in [2.24, 2.45) is 5.73 Å². The molecule has 0 unspecified atom stereocenters. The second kappa shape index (κ2) is 6.98. The van der Waals surface area contributed by atoms with Gasteiger partial charge in [0.2, 0.25) is 15.9 Å². The number of rotatable bonds is 6. The van der Waals surface area contributed by atoms with E-state index in [4.69, 9.17) is 5.73 Å². The van der Waals surface area contributed by atoms with Crippen LogP contribution >= 0.6 is 0 Å². The minimum atomic E-state index is -3.76. The zero-order valence-electron chi connectivity index (χ0n) is 13.8. The van der Waals surface area contributed by atoms with Crippen LogP contribution in [0.2, 0.25) is 0 Å². The molecule has 1 aromatic carbocycles. The molecule has 0 fully saturated rings. The Balaban J connectivity index is 2.22. The van der Waals surface area contributed by atoms with Gasteiger partial charge in [0.05, 0.1) is 4.90 Å². The third-order valence-corrected chi connectivity index (χ3v) is 4.92. The second-order valence-electron chi connectivity index (χ2n) is 5.58. The van der Waals surface area contributed by atoms with Crippen molar-refractivity contribution in [1.82, 2.24) is 9.71 Å². The van der Waals surface area contributed by atoms with E-state index in [0.717, 1.165) is 11.4 Å². The predicted octanol–water partition coefficient (Wildman–Crippen LogP) is 1.03. The van der Waals surface area contributed by atoms with Gasteiger partial charge in [0.25, 0.3) is 0 Å². The lowest BCUT2D eigenvalue weighted by molar-refractivity contribution is 0.0999. The van der Waals surface area contributed by atoms with E-state index in [1.807, 2.05) is 19.0 Å². The Morgan fingerprint density at radius 3 is 2.58 bits per heavy atom. The van der Waals surface area contributed by atoms with E-state index in [2.05, 4.69) is 9.71 Å². The number of hydrogen-bond acceptors (Lipinski definition) is 5. The largest absolute Gasteiger partial charge is 0.366 e. The predicted molar refractivity (Wildman–Crippen MR) is 92.3 cm³/mol. The van der Waals surface area contributed by atoms with Gasteiger partial charge in [-0.25, -0.2) is 18.1 Å². The highest BCUT2D eigenvalue weighted by Gasteiger charge is 2.17. The van der Waals surface area contributed by atoms with Crippen LogP contribution < -0.4 is 15.4 Å². The van der Waals surface area contributed by atoms with Crippen LogP contribution in [0.1, 0.15) is 21.5 Å². The minimum absolute atomic E-state index is 0.00351. The van der Waals surface area contributed by atoms with Crippen molar-refractivity contribution in [1.29, 1.82) is 0 Å². The zero-order chi connectivity index (χ0) is 17.9. The van der Waals surface area contributed by atoms with Crippen molar-refractivity contribution < 1.29 is 13.2 Å². The molecule has 0 saturated heterocycles. The van der Waals surface area contributed by atoms with E-state index in [9.17, 15) is 13.2 Å². The maximum Gasteiger partial charge on any atom is 0.249 e. The number of nitrogens with zero attached hydrogens (tertiary/aromatic N) is 2. The Kier molecular flexibility index (Phi) is 5.20. The molecule has 0 saturated carbocycles. The first-order chi connectivity index (χ1) is 11.2. The summed E-state index contributed by atoms with van der Waals surface area (Å²) in [4.78, 5) is 17.4. The van der Waals surface area contributed by atoms with Crippen LogP contribution in [0.3, 0.4) is 0 Å². The highest BCUT2D eigenvalue weighted by molar-refractivity contribution is 7.89. The molecule has 0 atom stereocenters. The van der Waals surface area contributed by atoms with Crippen LogP contribution in [-0.2, 0) is 16.6 Å². The smallest absolute Gasteiger partial charge is 0.249 e. The molecule has 2 aromatic rings. The van der Waals surface area contributed by atoms with Crippen LogP contribution in [0.4, 0.5) is 5.82 Å². The van der Waals surface area contributed by atoms with E-state index in [0.29, 0.717) is 5.56 Å². The fourth-order valence-corrected chi connectivity index (χ4v) is 3.15. The summed E-state index contributed by atoms with van der Waals surface area (Å²) in [5, 5.41) is 0. The SMILES string of the molecule is Cc1ccc(S(=O)(=O)NCc2ccnc(N(C)C)c2)cc1C(N)=O. The van der Waals surface area contributed by atoms with E-state index in [-0.39, 0.29) is 17.0 Å². The average molecular weight is 348 g/mol. The topological polar surface area (TPSA) is 105 Å². The Labute approximate surface area is 141 Å². The van der Waals surface area contributed by atoms with Gasteiger partial charge in [0.1, 0.15) is 5.82 Å². The Bertz CT molecular complexity index is 863. The molecule has 128 valence electrons. The fourth-order valence-electron chi connectivity index (χ4n) is 2.11. The molecule has 0 bridgehead atoms. The van der Waals surface area contributed by atoms with Gasteiger partial charge in [-0.3, -0.25) is 4.79 Å². The fraction of sp³-hybridized carbons (Fsp3) is 0.250. The summed E-state index contributed by atoms with van der Waals surface area (Å²) in [7, 11) is -0.0459. The number of hydrogen-bond donors (Lipinski definition) is 2. The number of aromatic nitrogens is 1. The number of carbonyl (C=O) groups is 1. The molecule has 1 heterocycles. The number of pyridine rings is 1. The molecule has 1 amide bonds. The van der Waals surface area contributed by atoms with E-state index in [1.165, 1.54) is 12.1 Å². The summed E-state index contributed by atoms with van der Waals surface area (Å²) < 4.78 is 27.4. The van der Waals surface area contributed by atoms with Gasteiger partial charge in [-0.05, 0) is 42.3 Å². The summed E-state index contributed by atoms with van der Waals surface area (Å²) in [6, 6.07) is 7.83. The van der Waals surface area contributed by atoms with Gasteiger partial charge in [-0.1, -0.05) is 6.07 Å². The molecule has 0 radical (unpaired) electrons. The highest BCUT2D eigenvalue weighted by Crippen LogP contribution is 2.16. The van der Waals surface area contributed by atoms with Crippen molar-refractivity contribution in [2.45, 2.75) is 18.4 Å². The first-order valence-corrected chi connectivity index (χ1v) is 8.71. The average Bonchev–Trinajstić information content (AvgIpc) is 2.53. The molecule has 0 aliphatic rings. The summed E-state index contributed by atoms with van der Waals surface area (Å²) in [5.74, 6) is 0.0763. The maximum atomic E-state index is 12.4. The van der Waals surface area contributed by atoms with Gasteiger partial charge < -0.3 is 10.6 Å². The monoisotopic (exact) mass is 348 g/mol. The van der Waals surface area contributed by atoms with Crippen molar-refractivity contribution in [2.75, 3.05) is 19.0 Å². The Morgan fingerprint density at radius 2 is 1.96 bits per heavy atom. The lowest BCUT2D eigenvalue weighted by atomic mass is 10.1. The normalized spacial score (nSPS) is 11.3. The highest BCUT2D eigenvalue weighted by atomic mass is 32.2. The van der Waals surface area contributed by atoms with Crippen LogP contribution in [0.25, 0.3) is 0 Å². The second-order valence-corrected chi connectivity index (χ2v) is 7.35. The third kappa shape index (κ3) is 4.09. The van der Waals surface area contributed by atoms with Crippen molar-refractivity contribution in [3.63, 3.8) is 0 Å². The summed E-state index contributed by atoms with van der Waals surface area (Å²) in [6.45, 7) is 1.81. The molecule has 0 aliphatic carbocycles. The third-order valence-electron chi connectivity index (χ3n) is 3.52. The molecule has 0 aliphatic heterocycles. The van der Waals surface area contributed by atoms with Gasteiger partial charge >= 0.3 is 0 Å². The van der Waals surface area contributed by atoms with Crippen molar-refractivity contribution in [3.8, 4) is 0 Å². The Morgan fingerprint density at radius 1 is 1.25 bits per heavy atom. The number of sulfonamides is 1. The lowest BCUT2D eigenvalue weighted by Gasteiger charge is -2.13. The van der Waals surface area contributed by atoms with E-state index >= 15 is 0 Å². The number of nitrogens with one attached hydrogen (secondary N) is 1. The van der Waals surface area contributed by atoms with Crippen LogP contribution in [0.15, 0.2) is 41.4 Å². The number of nitrogens with two attached hydrogens (primary N) is 1. The first kappa shape index (κ1) is 17.9. The van der Waals surface area contributed by atoms with Crippen molar-refractivity contribution >= 4 is 21.7 Å². The number of amides is 1. The quantitative estimate of drug-likeness (QED) is 0.811. The van der Waals surface area contributed by atoms with Crippen LogP contribution in [0.5, 0.6) is 0 Å². The number of carbonyl (C=O) groups excluding carboxylic acids is 1. The zero-order valence-corrected chi connectivity index (χ0v) is 14.6. The minimum Gasteiger partial charge on any atom is -0.366 e. The van der Waals surface area contributed by atoms with Crippen molar-refractivity contribution in [3.05, 3.63) is 53.2 Å². The maximum absolute atomic E-state index is 12.4. The number of aryl methyl sites for hydroxylation is 1.